The molecule has 10 heteroatoms. The van der Waals surface area contributed by atoms with Crippen LogP contribution in [0.2, 0.25) is 0 Å². The van der Waals surface area contributed by atoms with Crippen LogP contribution in [0.5, 0.6) is 5.75 Å². The number of ether oxygens (including phenoxy) is 1. The maximum atomic E-state index is 13.9. The van der Waals surface area contributed by atoms with Gasteiger partial charge in [-0.1, -0.05) is 12.1 Å². The molecule has 1 aliphatic rings. The van der Waals surface area contributed by atoms with Crippen molar-refractivity contribution in [2.75, 3.05) is 33.3 Å². The summed E-state index contributed by atoms with van der Waals surface area (Å²) in [5, 5.41) is 0. The normalized spacial score (nSPS) is 15.5. The molecule has 0 aliphatic carbocycles. The third-order valence-electron chi connectivity index (χ3n) is 4.48. The molecule has 0 spiro atoms. The van der Waals surface area contributed by atoms with E-state index in [2.05, 4.69) is 0 Å². The number of nitrogens with zero attached hydrogens (tertiary/aromatic N) is 2. The summed E-state index contributed by atoms with van der Waals surface area (Å²) in [6, 6.07) is 7.89. The van der Waals surface area contributed by atoms with Crippen molar-refractivity contribution in [2.45, 2.75) is 4.90 Å². The first-order valence-corrected chi connectivity index (χ1v) is 9.77. The Morgan fingerprint density at radius 3 is 2.25 bits per heavy atom. The number of rotatable bonds is 4. The minimum absolute atomic E-state index is 0.0570. The van der Waals surface area contributed by atoms with Crippen molar-refractivity contribution >= 4 is 15.9 Å². The van der Waals surface area contributed by atoms with Crippen LogP contribution in [0.15, 0.2) is 41.3 Å². The van der Waals surface area contributed by atoms with Crippen molar-refractivity contribution in [3.8, 4) is 5.75 Å². The molecule has 0 N–H and O–H groups in total. The first-order valence-electron chi connectivity index (χ1n) is 8.33. The van der Waals surface area contributed by atoms with Gasteiger partial charge in [0.2, 0.25) is 10.0 Å². The van der Waals surface area contributed by atoms with Crippen molar-refractivity contribution in [1.29, 1.82) is 0 Å². The van der Waals surface area contributed by atoms with Crippen LogP contribution in [0.1, 0.15) is 10.4 Å². The van der Waals surface area contributed by atoms with E-state index < -0.39 is 32.4 Å². The highest BCUT2D eigenvalue weighted by Gasteiger charge is 2.34. The summed E-state index contributed by atoms with van der Waals surface area (Å²) in [5.74, 6) is -5.00. The van der Waals surface area contributed by atoms with Gasteiger partial charge in [-0.25, -0.2) is 21.6 Å². The average molecular weight is 414 g/mol. The number of carbonyl (C=O) groups is 1. The third kappa shape index (κ3) is 3.57. The van der Waals surface area contributed by atoms with E-state index >= 15 is 0 Å². The van der Waals surface area contributed by atoms with E-state index in [0.29, 0.717) is 23.4 Å². The lowest BCUT2D eigenvalue weighted by molar-refractivity contribution is 0.0694. The summed E-state index contributed by atoms with van der Waals surface area (Å²) >= 11 is 0. The van der Waals surface area contributed by atoms with E-state index in [0.717, 1.165) is 4.31 Å². The van der Waals surface area contributed by atoms with Crippen molar-refractivity contribution < 1.29 is 31.1 Å². The van der Waals surface area contributed by atoms with Crippen LogP contribution in [0.4, 0.5) is 13.2 Å². The second kappa shape index (κ2) is 7.80. The van der Waals surface area contributed by atoms with Crippen LogP contribution in [0.25, 0.3) is 0 Å². The zero-order chi connectivity index (χ0) is 20.5. The number of sulfonamides is 1. The highest BCUT2D eigenvalue weighted by Crippen LogP contribution is 2.25. The van der Waals surface area contributed by atoms with Gasteiger partial charge >= 0.3 is 0 Å². The van der Waals surface area contributed by atoms with Crippen molar-refractivity contribution in [1.82, 2.24) is 9.21 Å². The molecule has 0 bridgehead atoms. The van der Waals surface area contributed by atoms with Gasteiger partial charge < -0.3 is 9.64 Å². The fourth-order valence-electron chi connectivity index (χ4n) is 2.97. The molecule has 28 heavy (non-hydrogen) atoms. The minimum atomic E-state index is -4.37. The van der Waals surface area contributed by atoms with E-state index in [4.69, 9.17) is 4.74 Å². The molecule has 1 saturated heterocycles. The van der Waals surface area contributed by atoms with Gasteiger partial charge in [-0.15, -0.1) is 0 Å². The van der Waals surface area contributed by atoms with Gasteiger partial charge in [-0.05, 0) is 24.3 Å². The lowest BCUT2D eigenvalue weighted by Gasteiger charge is -2.34. The van der Waals surface area contributed by atoms with E-state index in [9.17, 15) is 26.4 Å². The number of halogens is 3. The molecule has 2 aromatic rings. The highest BCUT2D eigenvalue weighted by atomic mass is 32.2. The Bertz CT molecular complexity index is 1010. The molecule has 6 nitrogen and oxygen atoms in total. The highest BCUT2D eigenvalue weighted by molar-refractivity contribution is 7.89. The standard InChI is InChI=1S/C18H17F3N2O4S/c1-27-14-5-3-2-4-12(14)18(24)22-8-10-23(11-9-22)28(25,26)15-7-6-13(19)16(20)17(15)21/h2-7H,8-11H2,1H3. The summed E-state index contributed by atoms with van der Waals surface area (Å²) in [4.78, 5) is 13.2. The predicted octanol–water partition coefficient (Wildman–Crippen LogP) is 2.26. The summed E-state index contributed by atoms with van der Waals surface area (Å²) in [6.45, 7) is -0.105. The monoisotopic (exact) mass is 414 g/mol. The molecule has 1 aliphatic heterocycles. The lowest BCUT2D eigenvalue weighted by atomic mass is 10.1. The van der Waals surface area contributed by atoms with Crippen LogP contribution in [-0.2, 0) is 10.0 Å². The maximum Gasteiger partial charge on any atom is 0.257 e. The molecule has 1 amide bonds. The second-order valence-electron chi connectivity index (χ2n) is 6.07. The van der Waals surface area contributed by atoms with Gasteiger partial charge in [-0.2, -0.15) is 4.31 Å². The molecule has 0 saturated carbocycles. The Morgan fingerprint density at radius 2 is 1.61 bits per heavy atom. The van der Waals surface area contributed by atoms with E-state index in [1.54, 1.807) is 24.3 Å². The Labute approximate surface area is 160 Å². The quantitative estimate of drug-likeness (QED) is 0.720. The fourth-order valence-corrected chi connectivity index (χ4v) is 4.45. The number of carbonyl (C=O) groups excluding carboxylic acids is 1. The summed E-state index contributed by atoms with van der Waals surface area (Å²) < 4.78 is 71.7. The maximum absolute atomic E-state index is 13.9. The summed E-state index contributed by atoms with van der Waals surface area (Å²) in [6.07, 6.45) is 0. The number of amides is 1. The molecule has 1 fully saturated rings. The number of hydrogen-bond donors (Lipinski definition) is 0. The first kappa shape index (κ1) is 20.2. The topological polar surface area (TPSA) is 66.9 Å². The number of piperazine rings is 1. The number of benzene rings is 2. The van der Waals surface area contributed by atoms with Crippen molar-refractivity contribution in [3.05, 3.63) is 59.4 Å². The second-order valence-corrected chi connectivity index (χ2v) is 7.98. The SMILES string of the molecule is COc1ccccc1C(=O)N1CCN(S(=O)(=O)c2ccc(F)c(F)c2F)CC1. The molecule has 0 radical (unpaired) electrons. The number of hydrogen-bond acceptors (Lipinski definition) is 4. The van der Waals surface area contributed by atoms with Crippen molar-refractivity contribution in [3.63, 3.8) is 0 Å². The molecule has 0 atom stereocenters. The van der Waals surface area contributed by atoms with Gasteiger partial charge in [0.25, 0.3) is 5.91 Å². The fraction of sp³-hybridized carbons (Fsp3) is 0.278. The molecule has 3 rings (SSSR count). The van der Waals surface area contributed by atoms with Gasteiger partial charge in [0.15, 0.2) is 17.5 Å². The molecule has 0 aromatic heterocycles. The smallest absolute Gasteiger partial charge is 0.257 e. The van der Waals surface area contributed by atoms with E-state index in [1.807, 2.05) is 0 Å². The predicted molar refractivity (Wildman–Crippen MR) is 94.0 cm³/mol. The summed E-state index contributed by atoms with van der Waals surface area (Å²) in [5.41, 5.74) is 0.341. The molecule has 0 unspecified atom stereocenters. The minimum Gasteiger partial charge on any atom is -0.496 e. The van der Waals surface area contributed by atoms with E-state index in [1.165, 1.54) is 12.0 Å². The van der Waals surface area contributed by atoms with Gasteiger partial charge in [0.05, 0.1) is 12.7 Å². The van der Waals surface area contributed by atoms with Crippen molar-refractivity contribution in [2.24, 2.45) is 0 Å². The first-order chi connectivity index (χ1) is 13.3. The van der Waals surface area contributed by atoms with Crippen LogP contribution >= 0.6 is 0 Å². The molecule has 150 valence electrons. The number of para-hydroxylation sites is 1. The Balaban J connectivity index is 1.76. The molecule has 2 aromatic carbocycles. The van der Waals surface area contributed by atoms with Crippen LogP contribution < -0.4 is 4.74 Å². The van der Waals surface area contributed by atoms with E-state index in [-0.39, 0.29) is 32.1 Å². The molecule has 1 heterocycles. The van der Waals surface area contributed by atoms with Crippen LogP contribution in [0.3, 0.4) is 0 Å². The zero-order valence-corrected chi connectivity index (χ0v) is 15.7. The molecular formula is C18H17F3N2O4S. The number of methoxy groups -OCH3 is 1. The van der Waals surface area contributed by atoms with Gasteiger partial charge in [0, 0.05) is 26.2 Å². The van der Waals surface area contributed by atoms with Crippen LogP contribution in [-0.4, -0.2) is 56.8 Å². The average Bonchev–Trinajstić information content (AvgIpc) is 2.71. The summed E-state index contributed by atoms with van der Waals surface area (Å²) in [7, 11) is -2.93. The van der Waals surface area contributed by atoms with Gasteiger partial charge in [0.1, 0.15) is 10.6 Å². The molecular weight excluding hydrogens is 397 g/mol. The largest absolute Gasteiger partial charge is 0.496 e. The van der Waals surface area contributed by atoms with Crippen LogP contribution in [0, 0.1) is 17.5 Å². The Morgan fingerprint density at radius 1 is 0.964 bits per heavy atom. The Hall–Kier alpha value is -2.59. The lowest BCUT2D eigenvalue weighted by Crippen LogP contribution is -2.50. The third-order valence-corrected chi connectivity index (χ3v) is 6.40. The zero-order valence-electron chi connectivity index (χ0n) is 14.9. The Kier molecular flexibility index (Phi) is 5.61. The van der Waals surface area contributed by atoms with Gasteiger partial charge in [-0.3, -0.25) is 4.79 Å².